The predicted octanol–water partition coefficient (Wildman–Crippen LogP) is 0.411. The Labute approximate surface area is 91.9 Å². The number of carboxylic acids is 1. The Balaban J connectivity index is 2.22. The van der Waals surface area contributed by atoms with Gasteiger partial charge in [0.05, 0.1) is 12.4 Å². The molecule has 0 bridgehead atoms. The molecular formula is C10H11N3O3. The second-order valence-corrected chi connectivity index (χ2v) is 3.59. The van der Waals surface area contributed by atoms with Crippen LogP contribution in [0.25, 0.3) is 0 Å². The Kier molecular flexibility index (Phi) is 2.80. The van der Waals surface area contributed by atoms with Crippen LogP contribution in [0.1, 0.15) is 33.8 Å². The highest BCUT2D eigenvalue weighted by atomic mass is 16.4. The fourth-order valence-corrected chi connectivity index (χ4v) is 1.65. The minimum Gasteiger partial charge on any atom is -0.476 e. The number of hydrogen-bond donors (Lipinski definition) is 1. The van der Waals surface area contributed by atoms with Crippen LogP contribution in [0.2, 0.25) is 0 Å². The molecule has 1 saturated heterocycles. The van der Waals surface area contributed by atoms with Crippen LogP contribution in [0.4, 0.5) is 0 Å². The lowest BCUT2D eigenvalue weighted by atomic mass is 10.3. The molecule has 2 rings (SSSR count). The number of rotatable bonds is 2. The highest BCUT2D eigenvalue weighted by Crippen LogP contribution is 2.11. The Bertz CT molecular complexity index is 427. The highest BCUT2D eigenvalue weighted by molar-refractivity contribution is 5.93. The Hall–Kier alpha value is -1.98. The van der Waals surface area contributed by atoms with E-state index in [9.17, 15) is 9.59 Å². The second kappa shape index (κ2) is 4.26. The molecule has 0 aromatic carbocycles. The molecule has 1 fully saturated rings. The number of aromatic carboxylic acids is 1. The van der Waals surface area contributed by atoms with E-state index in [1.165, 1.54) is 6.20 Å². The first-order chi connectivity index (χ1) is 7.68. The van der Waals surface area contributed by atoms with Crippen LogP contribution in [0.15, 0.2) is 12.4 Å². The summed E-state index contributed by atoms with van der Waals surface area (Å²) in [5.74, 6) is -1.42. The third-order valence-corrected chi connectivity index (χ3v) is 2.47. The molecule has 6 heteroatoms. The summed E-state index contributed by atoms with van der Waals surface area (Å²) >= 11 is 0. The summed E-state index contributed by atoms with van der Waals surface area (Å²) in [6.07, 6.45) is 4.39. The molecule has 6 nitrogen and oxygen atoms in total. The molecule has 0 atom stereocenters. The van der Waals surface area contributed by atoms with Crippen LogP contribution in [0.5, 0.6) is 0 Å². The Morgan fingerprint density at radius 1 is 1.19 bits per heavy atom. The molecule has 0 aliphatic carbocycles. The van der Waals surface area contributed by atoms with Crippen LogP contribution in [0.3, 0.4) is 0 Å². The predicted molar refractivity (Wildman–Crippen MR) is 54.1 cm³/mol. The van der Waals surface area contributed by atoms with Crippen molar-refractivity contribution in [3.05, 3.63) is 23.8 Å². The first-order valence-electron chi connectivity index (χ1n) is 5.03. The Morgan fingerprint density at radius 2 is 1.81 bits per heavy atom. The zero-order valence-electron chi connectivity index (χ0n) is 8.59. The minimum atomic E-state index is -1.18. The molecule has 0 saturated carbocycles. The minimum absolute atomic E-state index is 0.0989. The standard InChI is InChI=1S/C10H11N3O3/c14-9(13-3-1-2-4-13)7-5-11-6-8(12-7)10(15)16/h5-6H,1-4H2,(H,15,16). The van der Waals surface area contributed by atoms with E-state index in [4.69, 9.17) is 5.11 Å². The third kappa shape index (κ3) is 2.00. The van der Waals surface area contributed by atoms with Crippen LogP contribution in [-0.4, -0.2) is 44.9 Å². The first-order valence-corrected chi connectivity index (χ1v) is 5.03. The molecule has 1 aliphatic rings. The number of carbonyl (C=O) groups is 2. The van der Waals surface area contributed by atoms with Crippen LogP contribution in [-0.2, 0) is 0 Å². The quantitative estimate of drug-likeness (QED) is 0.782. The fourth-order valence-electron chi connectivity index (χ4n) is 1.65. The molecule has 0 unspecified atom stereocenters. The molecular weight excluding hydrogens is 210 g/mol. The topological polar surface area (TPSA) is 83.4 Å². The largest absolute Gasteiger partial charge is 0.476 e. The normalized spacial score (nSPS) is 15.1. The van der Waals surface area contributed by atoms with Crippen molar-refractivity contribution in [1.82, 2.24) is 14.9 Å². The van der Waals surface area contributed by atoms with Crippen LogP contribution in [0, 0.1) is 0 Å². The number of carboxylic acid groups (broad SMARTS) is 1. The molecule has 16 heavy (non-hydrogen) atoms. The first kappa shape index (κ1) is 10.5. The van der Waals surface area contributed by atoms with Crippen LogP contribution < -0.4 is 0 Å². The van der Waals surface area contributed by atoms with Gasteiger partial charge >= 0.3 is 5.97 Å². The van der Waals surface area contributed by atoms with Crippen molar-refractivity contribution in [2.75, 3.05) is 13.1 Å². The Morgan fingerprint density at radius 3 is 2.44 bits per heavy atom. The number of carbonyl (C=O) groups excluding carboxylic acids is 1. The zero-order chi connectivity index (χ0) is 11.5. The van der Waals surface area contributed by atoms with E-state index in [2.05, 4.69) is 9.97 Å². The molecule has 1 aliphatic heterocycles. The lowest BCUT2D eigenvalue weighted by Crippen LogP contribution is -2.29. The van der Waals surface area contributed by atoms with Gasteiger partial charge in [-0.25, -0.2) is 9.78 Å². The molecule has 0 spiro atoms. The van der Waals surface area contributed by atoms with E-state index in [0.717, 1.165) is 19.0 Å². The lowest BCUT2D eigenvalue weighted by molar-refractivity contribution is 0.0689. The SMILES string of the molecule is O=C(O)c1cncc(C(=O)N2CCCC2)n1. The number of amides is 1. The average Bonchev–Trinajstić information content (AvgIpc) is 2.81. The van der Waals surface area contributed by atoms with Gasteiger partial charge in [-0.3, -0.25) is 9.78 Å². The smallest absolute Gasteiger partial charge is 0.356 e. The number of nitrogens with zero attached hydrogens (tertiary/aromatic N) is 3. The molecule has 0 radical (unpaired) electrons. The summed E-state index contributed by atoms with van der Waals surface area (Å²) in [6, 6.07) is 0. The zero-order valence-corrected chi connectivity index (χ0v) is 8.59. The van der Waals surface area contributed by atoms with E-state index >= 15 is 0 Å². The maximum Gasteiger partial charge on any atom is 0.356 e. The maximum atomic E-state index is 11.9. The van der Waals surface area contributed by atoms with Gasteiger partial charge in [0.1, 0.15) is 5.69 Å². The van der Waals surface area contributed by atoms with Crippen molar-refractivity contribution in [3.8, 4) is 0 Å². The molecule has 2 heterocycles. The van der Waals surface area contributed by atoms with Crippen molar-refractivity contribution in [2.24, 2.45) is 0 Å². The van der Waals surface area contributed by atoms with Gasteiger partial charge in [0, 0.05) is 13.1 Å². The highest BCUT2D eigenvalue weighted by Gasteiger charge is 2.21. The van der Waals surface area contributed by atoms with Crippen LogP contribution >= 0.6 is 0 Å². The summed E-state index contributed by atoms with van der Waals surface area (Å²) in [5, 5.41) is 8.73. The molecule has 1 amide bonds. The second-order valence-electron chi connectivity index (χ2n) is 3.59. The van der Waals surface area contributed by atoms with Gasteiger partial charge in [-0.1, -0.05) is 0 Å². The summed E-state index contributed by atoms with van der Waals surface area (Å²) in [4.78, 5) is 31.7. The monoisotopic (exact) mass is 221 g/mol. The maximum absolute atomic E-state index is 11.9. The summed E-state index contributed by atoms with van der Waals surface area (Å²) in [5.41, 5.74) is -0.105. The third-order valence-electron chi connectivity index (χ3n) is 2.47. The summed E-state index contributed by atoms with van der Waals surface area (Å²) in [6.45, 7) is 1.41. The van der Waals surface area contributed by atoms with Crippen molar-refractivity contribution in [1.29, 1.82) is 0 Å². The number of likely N-dealkylation sites (tertiary alicyclic amines) is 1. The lowest BCUT2D eigenvalue weighted by Gasteiger charge is -2.13. The van der Waals surface area contributed by atoms with E-state index in [-0.39, 0.29) is 17.3 Å². The van der Waals surface area contributed by atoms with Gasteiger partial charge < -0.3 is 10.0 Å². The molecule has 1 aromatic rings. The van der Waals surface area contributed by atoms with Gasteiger partial charge in [-0.05, 0) is 12.8 Å². The summed E-state index contributed by atoms with van der Waals surface area (Å²) < 4.78 is 0. The molecule has 1 N–H and O–H groups in total. The fraction of sp³-hybridized carbons (Fsp3) is 0.400. The van der Waals surface area contributed by atoms with Crippen molar-refractivity contribution < 1.29 is 14.7 Å². The number of hydrogen-bond acceptors (Lipinski definition) is 4. The van der Waals surface area contributed by atoms with Gasteiger partial charge in [-0.2, -0.15) is 0 Å². The van der Waals surface area contributed by atoms with E-state index < -0.39 is 5.97 Å². The van der Waals surface area contributed by atoms with E-state index in [1.807, 2.05) is 0 Å². The molecule has 1 aromatic heterocycles. The van der Waals surface area contributed by atoms with Crippen molar-refractivity contribution >= 4 is 11.9 Å². The van der Waals surface area contributed by atoms with E-state index in [0.29, 0.717) is 13.1 Å². The number of aromatic nitrogens is 2. The van der Waals surface area contributed by atoms with E-state index in [1.54, 1.807) is 4.90 Å². The van der Waals surface area contributed by atoms with Crippen molar-refractivity contribution in [3.63, 3.8) is 0 Å². The van der Waals surface area contributed by atoms with Gasteiger partial charge in [0.2, 0.25) is 0 Å². The van der Waals surface area contributed by atoms with Crippen molar-refractivity contribution in [2.45, 2.75) is 12.8 Å². The van der Waals surface area contributed by atoms with Gasteiger partial charge in [0.15, 0.2) is 5.69 Å². The average molecular weight is 221 g/mol. The van der Waals surface area contributed by atoms with Gasteiger partial charge in [-0.15, -0.1) is 0 Å². The van der Waals surface area contributed by atoms with Gasteiger partial charge in [0.25, 0.3) is 5.91 Å². The molecule has 84 valence electrons. The summed E-state index contributed by atoms with van der Waals surface area (Å²) in [7, 11) is 0.